The highest BCUT2D eigenvalue weighted by molar-refractivity contribution is 5.73. The van der Waals surface area contributed by atoms with Gasteiger partial charge in [-0.15, -0.1) is 0 Å². The second-order valence-electron chi connectivity index (χ2n) is 3.56. The van der Waals surface area contributed by atoms with Crippen LogP contribution in [-0.4, -0.2) is 57.2 Å². The highest BCUT2D eigenvalue weighted by atomic mass is 16.2. The van der Waals surface area contributed by atoms with E-state index in [2.05, 4.69) is 10.6 Å². The van der Waals surface area contributed by atoms with Crippen LogP contribution in [-0.2, 0) is 14.4 Å². The summed E-state index contributed by atoms with van der Waals surface area (Å²) in [6.07, 6.45) is 3.24. The van der Waals surface area contributed by atoms with Crippen LogP contribution in [0.5, 0.6) is 0 Å². The zero-order chi connectivity index (χ0) is 15.5. The molecule has 114 valence electrons. The van der Waals surface area contributed by atoms with Crippen molar-refractivity contribution in [3.05, 3.63) is 0 Å². The van der Waals surface area contributed by atoms with Gasteiger partial charge in [-0.3, -0.25) is 9.59 Å². The smallest absolute Gasteiger partial charge is 0.219 e. The van der Waals surface area contributed by atoms with E-state index in [0.29, 0.717) is 12.8 Å². The maximum absolute atomic E-state index is 10.8. The number of carbonyl (C=O) groups excluding carboxylic acids is 3. The SMILES string of the molecule is CCCC=O.CCN(CCNC)C(C)=O.CNC=O. The molecule has 2 amide bonds. The van der Waals surface area contributed by atoms with Crippen molar-refractivity contribution in [3.8, 4) is 0 Å². The van der Waals surface area contributed by atoms with Gasteiger partial charge in [0.2, 0.25) is 12.3 Å². The first-order valence-electron chi connectivity index (χ1n) is 6.50. The molecule has 0 fully saturated rings. The van der Waals surface area contributed by atoms with Gasteiger partial charge < -0.3 is 20.3 Å². The van der Waals surface area contributed by atoms with E-state index in [1.165, 1.54) is 0 Å². The van der Waals surface area contributed by atoms with E-state index in [0.717, 1.165) is 32.3 Å². The number of aldehydes is 1. The zero-order valence-corrected chi connectivity index (χ0v) is 12.9. The van der Waals surface area contributed by atoms with Crippen molar-refractivity contribution >= 4 is 18.6 Å². The fourth-order valence-corrected chi connectivity index (χ4v) is 0.903. The monoisotopic (exact) mass is 275 g/mol. The third-order valence-corrected chi connectivity index (χ3v) is 1.98. The molecule has 0 aliphatic heterocycles. The minimum absolute atomic E-state index is 0.151. The molecule has 0 radical (unpaired) electrons. The van der Waals surface area contributed by atoms with Crippen LogP contribution >= 0.6 is 0 Å². The lowest BCUT2D eigenvalue weighted by molar-refractivity contribution is -0.128. The highest BCUT2D eigenvalue weighted by Crippen LogP contribution is 1.85. The molecule has 0 saturated heterocycles. The van der Waals surface area contributed by atoms with Crippen molar-refractivity contribution in [2.45, 2.75) is 33.6 Å². The van der Waals surface area contributed by atoms with Crippen LogP contribution in [0, 0.1) is 0 Å². The summed E-state index contributed by atoms with van der Waals surface area (Å²) in [6, 6.07) is 0. The average Bonchev–Trinajstić information content (AvgIpc) is 2.41. The maximum Gasteiger partial charge on any atom is 0.219 e. The Bertz CT molecular complexity index is 211. The Morgan fingerprint density at radius 1 is 1.21 bits per heavy atom. The number of nitrogens with one attached hydrogen (secondary N) is 2. The predicted octanol–water partition coefficient (Wildman–Crippen LogP) is 0.422. The molecule has 0 heterocycles. The Kier molecular flexibility index (Phi) is 26.1. The van der Waals surface area contributed by atoms with E-state index < -0.39 is 0 Å². The number of likely N-dealkylation sites (N-methyl/N-ethyl adjacent to an activating group) is 2. The molecule has 0 rings (SSSR count). The molecule has 19 heavy (non-hydrogen) atoms. The molecule has 0 spiro atoms. The molecule has 0 aromatic rings. The Hall–Kier alpha value is -1.43. The molecule has 0 aromatic carbocycles. The largest absolute Gasteiger partial charge is 0.362 e. The maximum atomic E-state index is 10.8. The second kappa shape index (κ2) is 21.8. The lowest BCUT2D eigenvalue weighted by Gasteiger charge is -2.17. The lowest BCUT2D eigenvalue weighted by atomic mass is 10.4. The van der Waals surface area contributed by atoms with Gasteiger partial charge in [0.15, 0.2) is 0 Å². The van der Waals surface area contributed by atoms with Crippen LogP contribution in [0.2, 0.25) is 0 Å². The first kappa shape index (κ1) is 22.7. The van der Waals surface area contributed by atoms with E-state index >= 15 is 0 Å². The average molecular weight is 275 g/mol. The summed E-state index contributed by atoms with van der Waals surface area (Å²) in [5.41, 5.74) is 0. The standard InChI is InChI=1S/C7H16N2O.C4H8O.C2H5NO/c1-4-9(7(2)10)6-5-8-3;1-2-3-4-5;1-3-2-4/h8H,4-6H2,1-3H3;4H,2-3H2,1H3;2H,1H3,(H,3,4). The summed E-state index contributed by atoms with van der Waals surface area (Å²) >= 11 is 0. The van der Waals surface area contributed by atoms with Gasteiger partial charge in [-0.1, -0.05) is 6.92 Å². The van der Waals surface area contributed by atoms with Crippen molar-refractivity contribution < 1.29 is 14.4 Å². The van der Waals surface area contributed by atoms with Crippen LogP contribution in [0.4, 0.5) is 0 Å². The quantitative estimate of drug-likeness (QED) is 0.660. The minimum atomic E-state index is 0.151. The normalized spacial score (nSPS) is 8.05. The van der Waals surface area contributed by atoms with Crippen molar-refractivity contribution in [2.75, 3.05) is 33.7 Å². The third-order valence-electron chi connectivity index (χ3n) is 1.98. The minimum Gasteiger partial charge on any atom is -0.362 e. The third kappa shape index (κ3) is 26.3. The first-order chi connectivity index (χ1) is 9.05. The van der Waals surface area contributed by atoms with Crippen LogP contribution in [0.15, 0.2) is 0 Å². The first-order valence-corrected chi connectivity index (χ1v) is 6.50. The molecule has 6 heteroatoms. The van der Waals surface area contributed by atoms with E-state index in [1.807, 2.05) is 20.9 Å². The van der Waals surface area contributed by atoms with Crippen LogP contribution < -0.4 is 10.6 Å². The summed E-state index contributed by atoms with van der Waals surface area (Å²) in [5, 5.41) is 5.24. The summed E-state index contributed by atoms with van der Waals surface area (Å²) in [5.74, 6) is 0.151. The van der Waals surface area contributed by atoms with Crippen LogP contribution in [0.3, 0.4) is 0 Å². The Morgan fingerprint density at radius 2 is 1.74 bits per heavy atom. The van der Waals surface area contributed by atoms with Gasteiger partial charge in [-0.05, 0) is 20.4 Å². The molecule has 0 unspecified atom stereocenters. The molecule has 2 N–H and O–H groups in total. The molecule has 0 aliphatic rings. The number of amides is 2. The molecule has 6 nitrogen and oxygen atoms in total. The van der Waals surface area contributed by atoms with Crippen LogP contribution in [0.25, 0.3) is 0 Å². The summed E-state index contributed by atoms with van der Waals surface area (Å²) < 4.78 is 0. The molecular weight excluding hydrogens is 246 g/mol. The highest BCUT2D eigenvalue weighted by Gasteiger charge is 2.02. The van der Waals surface area contributed by atoms with E-state index in [4.69, 9.17) is 4.79 Å². The van der Waals surface area contributed by atoms with Gasteiger partial charge in [0.25, 0.3) is 0 Å². The summed E-state index contributed by atoms with van der Waals surface area (Å²) in [4.78, 5) is 31.0. The molecule has 0 atom stereocenters. The lowest BCUT2D eigenvalue weighted by Crippen LogP contribution is -2.34. The van der Waals surface area contributed by atoms with Gasteiger partial charge in [-0.2, -0.15) is 0 Å². The topological polar surface area (TPSA) is 78.5 Å². The fourth-order valence-electron chi connectivity index (χ4n) is 0.903. The second-order valence-corrected chi connectivity index (χ2v) is 3.56. The van der Waals surface area contributed by atoms with Gasteiger partial charge in [0.1, 0.15) is 6.29 Å². The predicted molar refractivity (Wildman–Crippen MR) is 78.0 cm³/mol. The van der Waals surface area contributed by atoms with Crippen molar-refractivity contribution in [1.82, 2.24) is 15.5 Å². The van der Waals surface area contributed by atoms with E-state index in [9.17, 15) is 9.59 Å². The molecule has 0 aliphatic carbocycles. The van der Waals surface area contributed by atoms with Crippen LogP contribution in [0.1, 0.15) is 33.6 Å². The number of carbonyl (C=O) groups is 3. The number of nitrogens with zero attached hydrogens (tertiary/aromatic N) is 1. The van der Waals surface area contributed by atoms with Gasteiger partial charge in [0, 0.05) is 40.0 Å². The van der Waals surface area contributed by atoms with Gasteiger partial charge in [-0.25, -0.2) is 0 Å². The van der Waals surface area contributed by atoms with Crippen molar-refractivity contribution in [1.29, 1.82) is 0 Å². The number of rotatable bonds is 7. The van der Waals surface area contributed by atoms with E-state index in [1.54, 1.807) is 18.9 Å². The summed E-state index contributed by atoms with van der Waals surface area (Å²) in [7, 11) is 3.45. The Morgan fingerprint density at radius 3 is 1.89 bits per heavy atom. The summed E-state index contributed by atoms with van der Waals surface area (Å²) in [6.45, 7) is 8.04. The fraction of sp³-hybridized carbons (Fsp3) is 0.769. The van der Waals surface area contributed by atoms with E-state index in [-0.39, 0.29) is 5.91 Å². The molecular formula is C13H29N3O3. The zero-order valence-electron chi connectivity index (χ0n) is 12.9. The number of unbranched alkanes of at least 4 members (excludes halogenated alkanes) is 1. The molecule has 0 bridgehead atoms. The molecule has 0 aromatic heterocycles. The Balaban J connectivity index is -0.000000238. The van der Waals surface area contributed by atoms with Crippen molar-refractivity contribution in [2.24, 2.45) is 0 Å². The Labute approximate surface area is 116 Å². The molecule has 0 saturated carbocycles. The number of hydrogen-bond donors (Lipinski definition) is 2. The van der Waals surface area contributed by atoms with Crippen molar-refractivity contribution in [3.63, 3.8) is 0 Å². The van der Waals surface area contributed by atoms with Gasteiger partial charge in [0.05, 0.1) is 0 Å². The van der Waals surface area contributed by atoms with Gasteiger partial charge >= 0.3 is 0 Å². The number of hydrogen-bond acceptors (Lipinski definition) is 4.